The van der Waals surface area contributed by atoms with Crippen LogP contribution in [0.2, 0.25) is 0 Å². The van der Waals surface area contributed by atoms with Crippen molar-refractivity contribution in [2.75, 3.05) is 5.75 Å². The molecule has 3 aromatic rings. The first-order chi connectivity index (χ1) is 11.7. The molecule has 0 N–H and O–H groups in total. The van der Waals surface area contributed by atoms with Crippen LogP contribution in [0.25, 0.3) is 11.5 Å². The van der Waals surface area contributed by atoms with Crippen LogP contribution in [0.5, 0.6) is 0 Å². The molecule has 0 saturated carbocycles. The molecule has 0 saturated heterocycles. The number of thioether (sulfide) groups is 1. The van der Waals surface area contributed by atoms with E-state index in [1.54, 1.807) is 12.1 Å². The van der Waals surface area contributed by atoms with E-state index in [1.807, 2.05) is 24.3 Å². The standard InChI is InChI=1S/C18H15FN2O2S/c1-2-12-3-5-13(6-4-12)16(22)11-24-18-21-20-17(23-18)14-7-9-15(19)10-8-14/h3-10H,2,11H2,1H3. The van der Waals surface area contributed by atoms with Gasteiger partial charge in [0.15, 0.2) is 5.78 Å². The molecule has 0 bridgehead atoms. The monoisotopic (exact) mass is 342 g/mol. The van der Waals surface area contributed by atoms with Crippen LogP contribution in [0.1, 0.15) is 22.8 Å². The van der Waals surface area contributed by atoms with Crippen molar-refractivity contribution in [3.63, 3.8) is 0 Å². The topological polar surface area (TPSA) is 56.0 Å². The van der Waals surface area contributed by atoms with Crippen molar-refractivity contribution < 1.29 is 13.6 Å². The van der Waals surface area contributed by atoms with Gasteiger partial charge in [-0.25, -0.2) is 4.39 Å². The normalized spacial score (nSPS) is 10.8. The average molecular weight is 342 g/mol. The first kappa shape index (κ1) is 16.4. The molecule has 1 heterocycles. The van der Waals surface area contributed by atoms with Crippen molar-refractivity contribution in [1.82, 2.24) is 10.2 Å². The molecule has 0 aliphatic heterocycles. The van der Waals surface area contributed by atoms with E-state index in [0.717, 1.165) is 6.42 Å². The second-order valence-corrected chi connectivity index (χ2v) is 6.07. The number of carbonyl (C=O) groups is 1. The number of ketones is 1. The van der Waals surface area contributed by atoms with Gasteiger partial charge in [0.1, 0.15) is 5.82 Å². The van der Waals surface area contributed by atoms with Gasteiger partial charge in [-0.05, 0) is 36.2 Å². The molecule has 0 aliphatic carbocycles. The summed E-state index contributed by atoms with van der Waals surface area (Å²) in [6, 6.07) is 13.4. The highest BCUT2D eigenvalue weighted by Crippen LogP contribution is 2.24. The van der Waals surface area contributed by atoms with E-state index < -0.39 is 0 Å². The molecule has 0 amide bonds. The molecule has 0 unspecified atom stereocenters. The summed E-state index contributed by atoms with van der Waals surface area (Å²) in [6.45, 7) is 2.07. The van der Waals surface area contributed by atoms with Gasteiger partial charge in [0.05, 0.1) is 5.75 Å². The van der Waals surface area contributed by atoms with Crippen LogP contribution in [0.3, 0.4) is 0 Å². The van der Waals surface area contributed by atoms with Gasteiger partial charge in [-0.2, -0.15) is 0 Å². The lowest BCUT2D eigenvalue weighted by atomic mass is 10.1. The number of Topliss-reactive ketones (excluding diaryl/α,β-unsaturated/α-hetero) is 1. The van der Waals surface area contributed by atoms with E-state index in [2.05, 4.69) is 17.1 Å². The lowest BCUT2D eigenvalue weighted by Crippen LogP contribution is -2.02. The molecule has 6 heteroatoms. The number of nitrogens with zero attached hydrogens (tertiary/aromatic N) is 2. The van der Waals surface area contributed by atoms with Crippen molar-refractivity contribution >= 4 is 17.5 Å². The predicted molar refractivity (Wildman–Crippen MR) is 90.6 cm³/mol. The number of halogens is 1. The number of hydrogen-bond donors (Lipinski definition) is 0. The van der Waals surface area contributed by atoms with Gasteiger partial charge in [0.25, 0.3) is 5.22 Å². The summed E-state index contributed by atoms with van der Waals surface area (Å²) in [5.74, 6) is 0.199. The molecule has 1 aromatic heterocycles. The zero-order valence-electron chi connectivity index (χ0n) is 13.0. The number of benzene rings is 2. The molecule has 0 aliphatic rings. The maximum Gasteiger partial charge on any atom is 0.277 e. The number of hydrogen-bond acceptors (Lipinski definition) is 5. The lowest BCUT2D eigenvalue weighted by Gasteiger charge is -2.01. The van der Waals surface area contributed by atoms with Crippen molar-refractivity contribution in [3.8, 4) is 11.5 Å². The Hall–Kier alpha value is -2.47. The highest BCUT2D eigenvalue weighted by atomic mass is 32.2. The molecular formula is C18H15FN2O2S. The van der Waals surface area contributed by atoms with Gasteiger partial charge in [0.2, 0.25) is 5.89 Å². The average Bonchev–Trinajstić information content (AvgIpc) is 3.09. The molecule has 24 heavy (non-hydrogen) atoms. The van der Waals surface area contributed by atoms with E-state index in [1.165, 1.54) is 29.5 Å². The van der Waals surface area contributed by atoms with Crippen LogP contribution >= 0.6 is 11.8 Å². The Bertz CT molecular complexity index is 829. The number of aryl methyl sites for hydroxylation is 1. The van der Waals surface area contributed by atoms with Gasteiger partial charge < -0.3 is 4.42 Å². The highest BCUT2D eigenvalue weighted by Gasteiger charge is 2.12. The molecule has 2 aromatic carbocycles. The lowest BCUT2D eigenvalue weighted by molar-refractivity contribution is 0.102. The van der Waals surface area contributed by atoms with Gasteiger partial charge in [0, 0.05) is 11.1 Å². The minimum absolute atomic E-state index is 0.00388. The van der Waals surface area contributed by atoms with Crippen molar-refractivity contribution in [2.24, 2.45) is 0 Å². The Labute approximate surface area is 143 Å². The third-order valence-corrected chi connectivity index (χ3v) is 4.33. The maximum absolute atomic E-state index is 12.9. The zero-order chi connectivity index (χ0) is 16.9. The van der Waals surface area contributed by atoms with Gasteiger partial charge >= 0.3 is 0 Å². The Morgan fingerprint density at radius 1 is 1.08 bits per heavy atom. The fourth-order valence-corrected chi connectivity index (χ4v) is 2.77. The fraction of sp³-hybridized carbons (Fsp3) is 0.167. The van der Waals surface area contributed by atoms with E-state index in [0.29, 0.717) is 22.2 Å². The molecule has 3 rings (SSSR count). The molecule has 122 valence electrons. The minimum Gasteiger partial charge on any atom is -0.411 e. The molecule has 0 atom stereocenters. The number of carbonyl (C=O) groups excluding carboxylic acids is 1. The summed E-state index contributed by atoms with van der Waals surface area (Å²) in [4.78, 5) is 12.2. The minimum atomic E-state index is -0.326. The van der Waals surface area contributed by atoms with E-state index in [4.69, 9.17) is 4.42 Å². The van der Waals surface area contributed by atoms with Crippen LogP contribution in [-0.4, -0.2) is 21.7 Å². The van der Waals surface area contributed by atoms with E-state index >= 15 is 0 Å². The molecule has 0 spiro atoms. The summed E-state index contributed by atoms with van der Waals surface area (Å²) in [5.41, 5.74) is 2.50. The second kappa shape index (κ2) is 7.40. The SMILES string of the molecule is CCc1ccc(C(=O)CSc2nnc(-c3ccc(F)cc3)o2)cc1. The van der Waals surface area contributed by atoms with E-state index in [9.17, 15) is 9.18 Å². The van der Waals surface area contributed by atoms with Crippen molar-refractivity contribution in [2.45, 2.75) is 18.6 Å². The Morgan fingerprint density at radius 2 is 1.79 bits per heavy atom. The van der Waals surface area contributed by atoms with Crippen LogP contribution in [0.15, 0.2) is 58.2 Å². The first-order valence-electron chi connectivity index (χ1n) is 7.50. The first-order valence-corrected chi connectivity index (χ1v) is 8.48. The van der Waals surface area contributed by atoms with Crippen molar-refractivity contribution in [1.29, 1.82) is 0 Å². The van der Waals surface area contributed by atoms with Crippen LogP contribution < -0.4 is 0 Å². The largest absolute Gasteiger partial charge is 0.411 e. The molecule has 4 nitrogen and oxygen atoms in total. The Kier molecular flexibility index (Phi) is 5.05. The summed E-state index contributed by atoms with van der Waals surface area (Å²) < 4.78 is 18.4. The second-order valence-electron chi connectivity index (χ2n) is 5.14. The smallest absolute Gasteiger partial charge is 0.277 e. The molecular weight excluding hydrogens is 327 g/mol. The van der Waals surface area contributed by atoms with Crippen LogP contribution in [-0.2, 0) is 6.42 Å². The third-order valence-electron chi connectivity index (χ3n) is 3.51. The van der Waals surface area contributed by atoms with E-state index in [-0.39, 0.29) is 17.4 Å². The summed E-state index contributed by atoms with van der Waals surface area (Å²) in [5, 5.41) is 8.14. The molecule has 0 radical (unpaired) electrons. The van der Waals surface area contributed by atoms with Gasteiger partial charge in [-0.3, -0.25) is 4.79 Å². The number of aromatic nitrogens is 2. The van der Waals surface area contributed by atoms with Crippen LogP contribution in [0, 0.1) is 5.82 Å². The summed E-state index contributed by atoms with van der Waals surface area (Å²) in [6.07, 6.45) is 0.942. The maximum atomic E-state index is 12.9. The molecule has 0 fully saturated rings. The summed E-state index contributed by atoms with van der Waals surface area (Å²) >= 11 is 1.19. The van der Waals surface area contributed by atoms with Crippen LogP contribution in [0.4, 0.5) is 4.39 Å². The Morgan fingerprint density at radius 3 is 2.46 bits per heavy atom. The van der Waals surface area contributed by atoms with Gasteiger partial charge in [-0.15, -0.1) is 10.2 Å². The summed E-state index contributed by atoms with van der Waals surface area (Å²) in [7, 11) is 0. The highest BCUT2D eigenvalue weighted by molar-refractivity contribution is 7.99. The fourth-order valence-electron chi connectivity index (χ4n) is 2.11. The quantitative estimate of drug-likeness (QED) is 0.490. The van der Waals surface area contributed by atoms with Gasteiger partial charge in [-0.1, -0.05) is 43.0 Å². The zero-order valence-corrected chi connectivity index (χ0v) is 13.8. The third kappa shape index (κ3) is 3.89. The Balaban J connectivity index is 1.62. The number of rotatable bonds is 6. The van der Waals surface area contributed by atoms with Crippen molar-refractivity contribution in [3.05, 3.63) is 65.5 Å². The predicted octanol–water partition coefficient (Wildman–Crippen LogP) is 4.41.